The first-order valence-corrected chi connectivity index (χ1v) is 11.6. The molecule has 0 aliphatic heterocycles. The number of rotatable bonds is 9. The molecule has 1 N–H and O–H groups in total. The first-order chi connectivity index (χ1) is 17.3. The van der Waals surface area contributed by atoms with Gasteiger partial charge in [-0.1, -0.05) is 19.9 Å². The fourth-order valence-corrected chi connectivity index (χ4v) is 4.09. The number of nitrogens with zero attached hydrogens (tertiary/aromatic N) is 3. The molecule has 36 heavy (non-hydrogen) atoms. The van der Waals surface area contributed by atoms with Gasteiger partial charge in [-0.3, -0.25) is 9.78 Å². The van der Waals surface area contributed by atoms with Crippen molar-refractivity contribution >= 4 is 16.9 Å². The molecule has 9 heteroatoms. The molecule has 0 radical (unpaired) electrons. The lowest BCUT2D eigenvalue weighted by Crippen LogP contribution is -2.36. The molecule has 0 fully saturated rings. The summed E-state index contributed by atoms with van der Waals surface area (Å²) in [6.07, 6.45) is 4.85. The van der Waals surface area contributed by atoms with Gasteiger partial charge in [0.2, 0.25) is 5.91 Å². The first-order valence-electron chi connectivity index (χ1n) is 11.6. The zero-order valence-electron chi connectivity index (χ0n) is 20.5. The van der Waals surface area contributed by atoms with Gasteiger partial charge in [0.1, 0.15) is 12.6 Å². The zero-order valence-corrected chi connectivity index (χ0v) is 20.5. The molecule has 2 heterocycles. The maximum atomic E-state index is 13.9. The van der Waals surface area contributed by atoms with Crippen molar-refractivity contribution in [2.45, 2.75) is 39.5 Å². The molecular weight excluding hydrogens is 466 g/mol. The van der Waals surface area contributed by atoms with Gasteiger partial charge in [0, 0.05) is 24.5 Å². The highest BCUT2D eigenvalue weighted by Gasteiger charge is 2.27. The highest BCUT2D eigenvalue weighted by molar-refractivity contribution is 5.84. The first kappa shape index (κ1) is 25.1. The lowest BCUT2D eigenvalue weighted by atomic mass is 10.0. The Bertz CT molecular complexity index is 1360. The second-order valence-electron chi connectivity index (χ2n) is 8.88. The molecule has 2 unspecified atom stereocenters. The number of aromatic nitrogens is 3. The molecule has 2 atom stereocenters. The minimum absolute atomic E-state index is 0.138. The van der Waals surface area contributed by atoms with Crippen molar-refractivity contribution in [1.82, 2.24) is 19.9 Å². The molecule has 0 aliphatic rings. The van der Waals surface area contributed by atoms with Gasteiger partial charge in [0.25, 0.3) is 0 Å². The van der Waals surface area contributed by atoms with Crippen LogP contribution in [-0.4, -0.2) is 27.6 Å². The monoisotopic (exact) mass is 494 g/mol. The van der Waals surface area contributed by atoms with Gasteiger partial charge in [-0.05, 0) is 48.2 Å². The summed E-state index contributed by atoms with van der Waals surface area (Å²) >= 11 is 0. The Balaban J connectivity index is 1.51. The van der Waals surface area contributed by atoms with Crippen LogP contribution in [0.25, 0.3) is 11.0 Å². The van der Waals surface area contributed by atoms with Crippen molar-refractivity contribution in [3.8, 4) is 11.5 Å². The summed E-state index contributed by atoms with van der Waals surface area (Å²) in [6, 6.07) is 10.3. The molecule has 0 spiro atoms. The van der Waals surface area contributed by atoms with E-state index in [1.165, 1.54) is 6.33 Å². The number of hydrogen-bond donors (Lipinski definition) is 1. The van der Waals surface area contributed by atoms with Gasteiger partial charge in [-0.15, -0.1) is 0 Å². The third kappa shape index (κ3) is 5.30. The smallest absolute Gasteiger partial charge is 0.243 e. The lowest BCUT2D eigenvalue weighted by Gasteiger charge is -2.25. The molecular formula is C27H28F2N4O3. The summed E-state index contributed by atoms with van der Waals surface area (Å²) in [4.78, 5) is 21.5. The topological polar surface area (TPSA) is 78.3 Å². The van der Waals surface area contributed by atoms with Crippen LogP contribution in [0.4, 0.5) is 8.78 Å². The standard InChI is InChI=1S/C27H28F2N4O3/c1-16(2)26(33-15-31-22-12-20(28)21(29)13-23(22)33)27(34)32-17(3)19-5-6-24(25(11-19)35-4)36-14-18-7-9-30-10-8-18/h5-13,15-17,26H,14H2,1-4H3,(H,32,34). The molecule has 1 amide bonds. The SMILES string of the molecule is COc1cc(C(C)NC(=O)C(C(C)C)n2cnc3cc(F)c(F)cc32)ccc1OCc1ccncc1. The predicted octanol–water partition coefficient (Wildman–Crippen LogP) is 5.37. The highest BCUT2D eigenvalue weighted by Crippen LogP contribution is 2.32. The Morgan fingerprint density at radius 2 is 1.75 bits per heavy atom. The summed E-state index contributed by atoms with van der Waals surface area (Å²) in [6.45, 7) is 6.00. The van der Waals surface area contributed by atoms with Gasteiger partial charge in [0.05, 0.1) is 30.5 Å². The van der Waals surface area contributed by atoms with E-state index in [0.29, 0.717) is 23.6 Å². The number of imidazole rings is 1. The summed E-state index contributed by atoms with van der Waals surface area (Å²) in [5.41, 5.74) is 2.44. The Morgan fingerprint density at radius 1 is 1.03 bits per heavy atom. The number of benzene rings is 2. The van der Waals surface area contributed by atoms with E-state index in [4.69, 9.17) is 9.47 Å². The molecule has 0 saturated carbocycles. The maximum Gasteiger partial charge on any atom is 0.243 e. The van der Waals surface area contributed by atoms with E-state index >= 15 is 0 Å². The number of methoxy groups -OCH3 is 1. The number of fused-ring (bicyclic) bond motifs is 1. The third-order valence-electron chi connectivity index (χ3n) is 6.01. The molecule has 0 aliphatic carbocycles. The van der Waals surface area contributed by atoms with Gasteiger partial charge in [-0.2, -0.15) is 0 Å². The lowest BCUT2D eigenvalue weighted by molar-refractivity contribution is -0.126. The Labute approximate surface area is 208 Å². The number of nitrogens with one attached hydrogen (secondary N) is 1. The predicted molar refractivity (Wildman–Crippen MR) is 132 cm³/mol. The maximum absolute atomic E-state index is 13.9. The largest absolute Gasteiger partial charge is 0.493 e. The third-order valence-corrected chi connectivity index (χ3v) is 6.01. The molecule has 4 rings (SSSR count). The summed E-state index contributed by atoms with van der Waals surface area (Å²) in [5.74, 6) is -1.25. The van der Waals surface area contributed by atoms with Gasteiger partial charge in [0.15, 0.2) is 23.1 Å². The number of amides is 1. The number of carbonyl (C=O) groups is 1. The van der Waals surface area contributed by atoms with Crippen LogP contribution in [0.15, 0.2) is 61.2 Å². The molecule has 2 aromatic carbocycles. The number of ether oxygens (including phenoxy) is 2. The highest BCUT2D eigenvalue weighted by atomic mass is 19.2. The molecule has 2 aromatic heterocycles. The van der Waals surface area contributed by atoms with Gasteiger partial charge >= 0.3 is 0 Å². The summed E-state index contributed by atoms with van der Waals surface area (Å²) < 4.78 is 40.6. The van der Waals surface area contributed by atoms with Crippen molar-refractivity contribution in [3.05, 3.63) is 83.9 Å². The van der Waals surface area contributed by atoms with Crippen LogP contribution >= 0.6 is 0 Å². The van der Waals surface area contributed by atoms with E-state index in [0.717, 1.165) is 23.3 Å². The van der Waals surface area contributed by atoms with Crippen LogP contribution in [-0.2, 0) is 11.4 Å². The summed E-state index contributed by atoms with van der Waals surface area (Å²) in [5, 5.41) is 3.03. The normalized spacial score (nSPS) is 13.0. The number of carbonyl (C=O) groups excluding carboxylic acids is 1. The average molecular weight is 495 g/mol. The average Bonchev–Trinajstić information content (AvgIpc) is 3.25. The van der Waals surface area contributed by atoms with Crippen LogP contribution in [0, 0.1) is 17.6 Å². The van der Waals surface area contributed by atoms with Crippen molar-refractivity contribution in [2.24, 2.45) is 5.92 Å². The Hall–Kier alpha value is -4.01. The van der Waals surface area contributed by atoms with E-state index in [9.17, 15) is 13.6 Å². The van der Waals surface area contributed by atoms with E-state index in [2.05, 4.69) is 15.3 Å². The quantitative estimate of drug-likeness (QED) is 0.338. The summed E-state index contributed by atoms with van der Waals surface area (Å²) in [7, 11) is 1.56. The molecule has 0 saturated heterocycles. The number of pyridine rings is 1. The zero-order chi connectivity index (χ0) is 25.8. The van der Waals surface area contributed by atoms with Crippen molar-refractivity contribution in [2.75, 3.05) is 7.11 Å². The number of hydrogen-bond acceptors (Lipinski definition) is 5. The Morgan fingerprint density at radius 3 is 2.44 bits per heavy atom. The molecule has 188 valence electrons. The van der Waals surface area contributed by atoms with Crippen LogP contribution in [0.3, 0.4) is 0 Å². The molecule has 4 aromatic rings. The van der Waals surface area contributed by atoms with Crippen LogP contribution < -0.4 is 14.8 Å². The van der Waals surface area contributed by atoms with Crippen molar-refractivity contribution in [3.63, 3.8) is 0 Å². The van der Waals surface area contributed by atoms with Gasteiger partial charge in [-0.25, -0.2) is 13.8 Å². The van der Waals surface area contributed by atoms with E-state index < -0.39 is 17.7 Å². The fourth-order valence-electron chi connectivity index (χ4n) is 4.09. The second kappa shape index (κ2) is 10.7. The van der Waals surface area contributed by atoms with Crippen LogP contribution in [0.1, 0.15) is 44.0 Å². The van der Waals surface area contributed by atoms with Crippen molar-refractivity contribution < 1.29 is 23.0 Å². The minimum Gasteiger partial charge on any atom is -0.493 e. The second-order valence-corrected chi connectivity index (χ2v) is 8.88. The molecule has 7 nitrogen and oxygen atoms in total. The van der Waals surface area contributed by atoms with E-state index in [1.807, 2.05) is 45.0 Å². The van der Waals surface area contributed by atoms with Crippen LogP contribution in [0.2, 0.25) is 0 Å². The Kier molecular flexibility index (Phi) is 7.47. The fraction of sp³-hybridized carbons (Fsp3) is 0.296. The van der Waals surface area contributed by atoms with Crippen LogP contribution in [0.5, 0.6) is 11.5 Å². The van der Waals surface area contributed by atoms with E-state index in [1.54, 1.807) is 30.1 Å². The minimum atomic E-state index is -0.987. The van der Waals surface area contributed by atoms with Gasteiger partial charge < -0.3 is 19.4 Å². The molecule has 0 bridgehead atoms. The van der Waals surface area contributed by atoms with Crippen molar-refractivity contribution in [1.29, 1.82) is 0 Å². The van der Waals surface area contributed by atoms with E-state index in [-0.39, 0.29) is 23.4 Å². The number of halogens is 2.